The summed E-state index contributed by atoms with van der Waals surface area (Å²) >= 11 is 3.13. The van der Waals surface area contributed by atoms with Gasteiger partial charge in [0.2, 0.25) is 0 Å². The van der Waals surface area contributed by atoms with E-state index in [0.717, 1.165) is 30.8 Å². The van der Waals surface area contributed by atoms with E-state index in [1.165, 1.54) is 18.5 Å². The van der Waals surface area contributed by atoms with Gasteiger partial charge in [0, 0.05) is 32.7 Å². The van der Waals surface area contributed by atoms with Crippen molar-refractivity contribution in [2.45, 2.75) is 12.7 Å². The highest BCUT2D eigenvalue weighted by molar-refractivity contribution is 9.18. The third kappa shape index (κ3) is 4.56. The summed E-state index contributed by atoms with van der Waals surface area (Å²) in [6.45, 7) is 3.37. The van der Waals surface area contributed by atoms with Crippen LogP contribution in [0, 0.1) is 5.41 Å². The molecule has 144 valence electrons. The number of benzene rings is 1. The summed E-state index contributed by atoms with van der Waals surface area (Å²) in [5, 5.41) is 7.82. The number of piperazine rings is 1. The van der Waals surface area contributed by atoms with Crippen LogP contribution in [0.1, 0.15) is 16.7 Å². The van der Waals surface area contributed by atoms with Crippen molar-refractivity contribution in [3.8, 4) is 0 Å². The van der Waals surface area contributed by atoms with Crippen molar-refractivity contribution >= 4 is 32.2 Å². The van der Waals surface area contributed by atoms with Crippen LogP contribution < -0.4 is 10.6 Å². The van der Waals surface area contributed by atoms with Gasteiger partial charge in [0.05, 0.1) is 11.1 Å². The van der Waals surface area contributed by atoms with Crippen LogP contribution in [0.2, 0.25) is 0 Å². The lowest BCUT2D eigenvalue weighted by atomic mass is 10.1. The summed E-state index contributed by atoms with van der Waals surface area (Å²) in [7, 11) is 0. The van der Waals surface area contributed by atoms with E-state index in [2.05, 4.69) is 30.8 Å². The normalized spacial score (nSPS) is 15.8. The number of nitrogen functional groups attached to an aromatic ring is 1. The first-order valence-corrected chi connectivity index (χ1v) is 9.03. The van der Waals surface area contributed by atoms with E-state index < -0.39 is 11.7 Å². The Balaban J connectivity index is 1.63. The molecule has 0 atom stereocenters. The quantitative estimate of drug-likeness (QED) is 0.710. The topological polar surface area (TPSA) is 82.1 Å². The summed E-state index contributed by atoms with van der Waals surface area (Å²) in [5.74, 6) is 0.854. The van der Waals surface area contributed by atoms with Crippen LogP contribution in [-0.2, 0) is 12.7 Å². The summed E-state index contributed by atoms with van der Waals surface area (Å²) in [6.07, 6.45) is -2.94. The zero-order chi connectivity index (χ0) is 19.6. The maximum Gasteiger partial charge on any atom is 0.416 e. The van der Waals surface area contributed by atoms with Crippen molar-refractivity contribution in [1.82, 2.24) is 14.9 Å². The number of nitrogens with one attached hydrogen (secondary N) is 1. The van der Waals surface area contributed by atoms with Crippen LogP contribution in [0.25, 0.3) is 0 Å². The van der Waals surface area contributed by atoms with E-state index >= 15 is 0 Å². The Labute approximate surface area is 162 Å². The Bertz CT molecular complexity index is 816. The molecule has 0 bridgehead atoms. The van der Waals surface area contributed by atoms with E-state index in [1.807, 2.05) is 4.90 Å². The van der Waals surface area contributed by atoms with Gasteiger partial charge < -0.3 is 10.6 Å². The Morgan fingerprint density at radius 3 is 2.30 bits per heavy atom. The molecule has 10 heteroatoms. The molecule has 2 aromatic rings. The fourth-order valence-corrected chi connectivity index (χ4v) is 3.40. The van der Waals surface area contributed by atoms with Gasteiger partial charge in [0.1, 0.15) is 22.6 Å². The number of nitrogens with zero attached hydrogens (tertiary/aromatic N) is 4. The lowest BCUT2D eigenvalue weighted by Crippen LogP contribution is -2.46. The molecule has 0 spiro atoms. The Morgan fingerprint density at radius 1 is 1.11 bits per heavy atom. The zero-order valence-corrected chi connectivity index (χ0v) is 15.9. The molecular weight excluding hydrogens is 425 g/mol. The number of rotatable bonds is 4. The predicted molar refractivity (Wildman–Crippen MR) is 101 cm³/mol. The molecule has 0 radical (unpaired) electrons. The summed E-state index contributed by atoms with van der Waals surface area (Å²) < 4.78 is 38.1. The van der Waals surface area contributed by atoms with Crippen molar-refractivity contribution in [3.63, 3.8) is 0 Å². The third-order valence-electron chi connectivity index (χ3n) is 4.44. The molecule has 1 aliphatic heterocycles. The molecule has 0 saturated carbocycles. The van der Waals surface area contributed by atoms with Crippen LogP contribution in [0.5, 0.6) is 0 Å². The smallest absolute Gasteiger partial charge is 0.383 e. The first-order valence-electron chi connectivity index (χ1n) is 8.24. The molecule has 1 aromatic carbocycles. The number of aromatic nitrogens is 2. The van der Waals surface area contributed by atoms with E-state index in [0.29, 0.717) is 31.0 Å². The SMILES string of the molecule is N=C(Br)c1c(N)ncnc1N1CCN(Cc2ccc(C(F)(F)F)cc2)CC1. The van der Waals surface area contributed by atoms with E-state index in [4.69, 9.17) is 11.1 Å². The van der Waals surface area contributed by atoms with Gasteiger partial charge in [-0.1, -0.05) is 12.1 Å². The fourth-order valence-electron chi connectivity index (χ4n) is 3.01. The average molecular weight is 443 g/mol. The van der Waals surface area contributed by atoms with Crippen molar-refractivity contribution in [2.24, 2.45) is 0 Å². The van der Waals surface area contributed by atoms with E-state index in [-0.39, 0.29) is 10.4 Å². The fraction of sp³-hybridized carbons (Fsp3) is 0.353. The number of hydrogen-bond donors (Lipinski definition) is 2. The number of halogens is 4. The van der Waals surface area contributed by atoms with Gasteiger partial charge in [0.25, 0.3) is 0 Å². The molecule has 27 heavy (non-hydrogen) atoms. The number of anilines is 2. The summed E-state index contributed by atoms with van der Waals surface area (Å²) in [4.78, 5) is 12.4. The van der Waals surface area contributed by atoms with Crippen LogP contribution in [-0.4, -0.2) is 45.7 Å². The monoisotopic (exact) mass is 442 g/mol. The van der Waals surface area contributed by atoms with Crippen LogP contribution in [0.4, 0.5) is 24.8 Å². The van der Waals surface area contributed by atoms with Crippen LogP contribution in [0.15, 0.2) is 30.6 Å². The van der Waals surface area contributed by atoms with Crippen molar-refractivity contribution in [2.75, 3.05) is 36.8 Å². The van der Waals surface area contributed by atoms with Gasteiger partial charge in [0.15, 0.2) is 0 Å². The minimum Gasteiger partial charge on any atom is -0.383 e. The first-order chi connectivity index (χ1) is 12.8. The molecule has 1 aromatic heterocycles. The van der Waals surface area contributed by atoms with Gasteiger partial charge in [-0.15, -0.1) is 0 Å². The molecule has 1 saturated heterocycles. The zero-order valence-electron chi connectivity index (χ0n) is 14.3. The lowest BCUT2D eigenvalue weighted by molar-refractivity contribution is -0.137. The molecule has 2 heterocycles. The molecule has 3 rings (SSSR count). The van der Waals surface area contributed by atoms with Crippen LogP contribution >= 0.6 is 15.9 Å². The van der Waals surface area contributed by atoms with E-state index in [1.54, 1.807) is 0 Å². The predicted octanol–water partition coefficient (Wildman–Crippen LogP) is 3.12. The van der Waals surface area contributed by atoms with Crippen molar-refractivity contribution in [3.05, 3.63) is 47.3 Å². The molecule has 6 nitrogen and oxygen atoms in total. The van der Waals surface area contributed by atoms with Gasteiger partial charge in [-0.05, 0) is 33.6 Å². The highest BCUT2D eigenvalue weighted by atomic mass is 79.9. The second kappa shape index (κ2) is 7.81. The average Bonchev–Trinajstić information content (AvgIpc) is 2.61. The highest BCUT2D eigenvalue weighted by Crippen LogP contribution is 2.29. The second-order valence-corrected chi connectivity index (χ2v) is 7.02. The van der Waals surface area contributed by atoms with Crippen LogP contribution in [0.3, 0.4) is 0 Å². The number of nitrogens with two attached hydrogens (primary N) is 1. The number of hydrogen-bond acceptors (Lipinski definition) is 6. The first kappa shape index (κ1) is 19.6. The molecule has 0 aliphatic carbocycles. The van der Waals surface area contributed by atoms with Crippen molar-refractivity contribution in [1.29, 1.82) is 5.41 Å². The second-order valence-electron chi connectivity index (χ2n) is 6.23. The largest absolute Gasteiger partial charge is 0.416 e. The summed E-state index contributed by atoms with van der Waals surface area (Å²) in [5.41, 5.74) is 6.53. The minimum atomic E-state index is -4.32. The van der Waals surface area contributed by atoms with Gasteiger partial charge in [-0.3, -0.25) is 10.3 Å². The molecule has 3 N–H and O–H groups in total. The third-order valence-corrected chi connectivity index (χ3v) is 4.83. The molecule has 1 aliphatic rings. The van der Waals surface area contributed by atoms with E-state index in [9.17, 15) is 13.2 Å². The minimum absolute atomic E-state index is 0.128. The highest BCUT2D eigenvalue weighted by Gasteiger charge is 2.30. The standard InChI is InChI=1S/C17H18BrF3N6/c18-14(22)13-15(23)24-10-25-16(13)27-7-5-26(6-8-27)9-11-1-3-12(4-2-11)17(19,20)21/h1-4,10,22H,5-9H2,(H2,23,24,25). The summed E-state index contributed by atoms with van der Waals surface area (Å²) in [6, 6.07) is 5.27. The van der Waals surface area contributed by atoms with Gasteiger partial charge >= 0.3 is 6.18 Å². The van der Waals surface area contributed by atoms with Gasteiger partial charge in [-0.2, -0.15) is 13.2 Å². The molecule has 0 amide bonds. The lowest BCUT2D eigenvalue weighted by Gasteiger charge is -2.36. The van der Waals surface area contributed by atoms with Crippen molar-refractivity contribution < 1.29 is 13.2 Å². The Hall–Kier alpha value is -2.20. The maximum atomic E-state index is 12.6. The Kier molecular flexibility index (Phi) is 5.66. The Morgan fingerprint density at radius 2 is 1.74 bits per heavy atom. The molecular formula is C17H18BrF3N6. The van der Waals surface area contributed by atoms with Gasteiger partial charge in [-0.25, -0.2) is 9.97 Å². The maximum absolute atomic E-state index is 12.6. The molecule has 1 fully saturated rings. The molecule has 0 unspecified atom stereocenters. The number of alkyl halides is 3.